The van der Waals surface area contributed by atoms with Crippen LogP contribution in [0.25, 0.3) is 0 Å². The Bertz CT molecular complexity index is 326. The summed E-state index contributed by atoms with van der Waals surface area (Å²) in [6.07, 6.45) is 11.8. The number of nitrogens with zero attached hydrogens (tertiary/aromatic N) is 1. The molecule has 122 valence electrons. The molecule has 1 aliphatic heterocycles. The number of rotatable bonds is 3. The van der Waals surface area contributed by atoms with Gasteiger partial charge >= 0.3 is 0 Å². The molecule has 0 bridgehead atoms. The van der Waals surface area contributed by atoms with E-state index in [0.29, 0.717) is 6.10 Å². The fraction of sp³-hybridized carbons (Fsp3) is 1.00. The highest BCUT2D eigenvalue weighted by molar-refractivity contribution is 4.91. The third-order valence-electron chi connectivity index (χ3n) is 6.98. The van der Waals surface area contributed by atoms with E-state index in [0.717, 1.165) is 29.7 Å². The zero-order chi connectivity index (χ0) is 14.8. The summed E-state index contributed by atoms with van der Waals surface area (Å²) in [5, 5.41) is 0. The third kappa shape index (κ3) is 3.47. The smallest absolute Gasteiger partial charge is 0.0574 e. The first kappa shape index (κ1) is 15.8. The largest absolute Gasteiger partial charge is 0.381 e. The number of ether oxygens (including phenoxy) is 1. The maximum absolute atomic E-state index is 5.71. The first-order valence-electron chi connectivity index (χ1n) is 9.46. The predicted octanol–water partition coefficient (Wildman–Crippen LogP) is 4.34. The molecule has 0 radical (unpaired) electrons. The molecule has 0 amide bonds. The molecule has 0 aromatic carbocycles. The summed E-state index contributed by atoms with van der Waals surface area (Å²) in [5.74, 6) is 3.60. The van der Waals surface area contributed by atoms with E-state index < -0.39 is 0 Å². The maximum atomic E-state index is 5.71. The lowest BCUT2D eigenvalue weighted by Gasteiger charge is -2.47. The summed E-state index contributed by atoms with van der Waals surface area (Å²) in [6, 6.07) is 0.914. The average molecular weight is 293 g/mol. The molecule has 0 aromatic rings. The van der Waals surface area contributed by atoms with Crippen molar-refractivity contribution in [2.45, 2.75) is 77.4 Å². The zero-order valence-electron chi connectivity index (χ0n) is 14.4. The van der Waals surface area contributed by atoms with Crippen LogP contribution in [0.15, 0.2) is 0 Å². The van der Waals surface area contributed by atoms with Gasteiger partial charge in [0.15, 0.2) is 0 Å². The highest BCUT2D eigenvalue weighted by Gasteiger charge is 2.40. The Morgan fingerprint density at radius 2 is 1.57 bits per heavy atom. The number of likely N-dealkylation sites (tertiary alicyclic amines) is 1. The van der Waals surface area contributed by atoms with Crippen molar-refractivity contribution in [1.82, 2.24) is 4.90 Å². The Morgan fingerprint density at radius 3 is 2.29 bits per heavy atom. The highest BCUT2D eigenvalue weighted by atomic mass is 16.5. The van der Waals surface area contributed by atoms with E-state index in [2.05, 4.69) is 18.7 Å². The van der Waals surface area contributed by atoms with Crippen molar-refractivity contribution in [1.29, 1.82) is 0 Å². The van der Waals surface area contributed by atoms with Crippen LogP contribution in [0.1, 0.15) is 65.2 Å². The van der Waals surface area contributed by atoms with Gasteiger partial charge in [0, 0.05) is 19.7 Å². The van der Waals surface area contributed by atoms with E-state index in [1.807, 2.05) is 7.11 Å². The van der Waals surface area contributed by atoms with Gasteiger partial charge in [-0.25, -0.2) is 0 Å². The van der Waals surface area contributed by atoms with Crippen molar-refractivity contribution >= 4 is 0 Å². The number of methoxy groups -OCH3 is 1. The van der Waals surface area contributed by atoms with Crippen LogP contribution in [0.3, 0.4) is 0 Å². The van der Waals surface area contributed by atoms with Gasteiger partial charge in [-0.05, 0) is 68.7 Å². The van der Waals surface area contributed by atoms with E-state index >= 15 is 0 Å². The highest BCUT2D eigenvalue weighted by Crippen LogP contribution is 2.42. The molecule has 3 fully saturated rings. The first-order valence-corrected chi connectivity index (χ1v) is 9.46. The van der Waals surface area contributed by atoms with Crippen LogP contribution in [0, 0.1) is 23.7 Å². The molecule has 5 unspecified atom stereocenters. The summed E-state index contributed by atoms with van der Waals surface area (Å²) in [6.45, 7) is 7.74. The molecule has 1 heterocycles. The van der Waals surface area contributed by atoms with Crippen molar-refractivity contribution in [2.75, 3.05) is 20.2 Å². The molecule has 0 aromatic heterocycles. The summed E-state index contributed by atoms with van der Waals surface area (Å²) in [4.78, 5) is 2.86. The van der Waals surface area contributed by atoms with E-state index in [-0.39, 0.29) is 0 Å². The normalized spacial score (nSPS) is 43.3. The van der Waals surface area contributed by atoms with Gasteiger partial charge in [-0.2, -0.15) is 0 Å². The van der Waals surface area contributed by atoms with Crippen LogP contribution in [0.2, 0.25) is 0 Å². The third-order valence-corrected chi connectivity index (χ3v) is 6.98. The lowest BCUT2D eigenvalue weighted by molar-refractivity contribution is -0.0225. The molecule has 2 saturated carbocycles. The maximum Gasteiger partial charge on any atom is 0.0574 e. The van der Waals surface area contributed by atoms with Crippen molar-refractivity contribution in [3.63, 3.8) is 0 Å². The fourth-order valence-corrected chi connectivity index (χ4v) is 5.41. The molecule has 0 N–H and O–H groups in total. The molecular formula is C19H35NO. The van der Waals surface area contributed by atoms with Crippen molar-refractivity contribution in [3.8, 4) is 0 Å². The minimum absolute atomic E-state index is 0.528. The summed E-state index contributed by atoms with van der Waals surface area (Å²) in [5.41, 5.74) is 0. The number of hydrogen-bond acceptors (Lipinski definition) is 2. The molecule has 2 heteroatoms. The number of hydrogen-bond donors (Lipinski definition) is 0. The summed E-state index contributed by atoms with van der Waals surface area (Å²) < 4.78 is 5.71. The lowest BCUT2D eigenvalue weighted by Crippen LogP contribution is -2.49. The van der Waals surface area contributed by atoms with Gasteiger partial charge in [-0.1, -0.05) is 26.7 Å². The van der Waals surface area contributed by atoms with Gasteiger partial charge in [0.05, 0.1) is 6.10 Å². The second-order valence-corrected chi connectivity index (χ2v) is 8.17. The van der Waals surface area contributed by atoms with Gasteiger partial charge < -0.3 is 9.64 Å². The fourth-order valence-electron chi connectivity index (χ4n) is 5.41. The number of piperidine rings is 1. The van der Waals surface area contributed by atoms with Crippen LogP contribution in [-0.4, -0.2) is 37.2 Å². The second-order valence-electron chi connectivity index (χ2n) is 8.17. The van der Waals surface area contributed by atoms with Gasteiger partial charge in [0.2, 0.25) is 0 Å². The Hall–Kier alpha value is -0.0800. The zero-order valence-corrected chi connectivity index (χ0v) is 14.4. The average Bonchev–Trinajstić information content (AvgIpc) is 3.03. The molecule has 2 nitrogen and oxygen atoms in total. The van der Waals surface area contributed by atoms with Gasteiger partial charge in [0.25, 0.3) is 0 Å². The molecule has 3 rings (SSSR count). The SMILES string of the molecule is COC1CCC(C)C(C2CN(C3CCCC3)CCC2C)C1. The lowest BCUT2D eigenvalue weighted by atomic mass is 9.66. The Labute approximate surface area is 131 Å². The van der Waals surface area contributed by atoms with E-state index in [9.17, 15) is 0 Å². The topological polar surface area (TPSA) is 12.5 Å². The Balaban J connectivity index is 1.66. The van der Waals surface area contributed by atoms with Crippen molar-refractivity contribution in [3.05, 3.63) is 0 Å². The van der Waals surface area contributed by atoms with Crippen LogP contribution in [-0.2, 0) is 4.74 Å². The molecule has 21 heavy (non-hydrogen) atoms. The second kappa shape index (κ2) is 7.00. The van der Waals surface area contributed by atoms with Gasteiger partial charge in [-0.15, -0.1) is 0 Å². The Morgan fingerprint density at radius 1 is 0.857 bits per heavy atom. The van der Waals surface area contributed by atoms with E-state index in [1.54, 1.807) is 0 Å². The molecule has 5 atom stereocenters. The van der Waals surface area contributed by atoms with Gasteiger partial charge in [0.1, 0.15) is 0 Å². The van der Waals surface area contributed by atoms with Crippen molar-refractivity contribution < 1.29 is 4.74 Å². The summed E-state index contributed by atoms with van der Waals surface area (Å²) >= 11 is 0. The molecule has 1 saturated heterocycles. The first-order chi connectivity index (χ1) is 10.2. The van der Waals surface area contributed by atoms with Gasteiger partial charge in [-0.3, -0.25) is 0 Å². The van der Waals surface area contributed by atoms with Crippen molar-refractivity contribution in [2.24, 2.45) is 23.7 Å². The minimum Gasteiger partial charge on any atom is -0.381 e. The monoisotopic (exact) mass is 293 g/mol. The quantitative estimate of drug-likeness (QED) is 0.767. The summed E-state index contributed by atoms with van der Waals surface area (Å²) in [7, 11) is 1.91. The van der Waals surface area contributed by atoms with E-state index in [4.69, 9.17) is 4.74 Å². The minimum atomic E-state index is 0.528. The molecule has 2 aliphatic carbocycles. The standard InChI is InChI=1S/C19H35NO/c1-14-8-9-17(21-3)12-18(14)19-13-20(11-10-15(19)2)16-6-4-5-7-16/h14-19H,4-13H2,1-3H3. The molecule has 3 aliphatic rings. The van der Waals surface area contributed by atoms with Crippen LogP contribution in [0.4, 0.5) is 0 Å². The Kier molecular flexibility index (Phi) is 5.27. The van der Waals surface area contributed by atoms with E-state index in [1.165, 1.54) is 64.5 Å². The predicted molar refractivity (Wildman–Crippen MR) is 88.4 cm³/mol. The molecule has 0 spiro atoms. The molecular weight excluding hydrogens is 258 g/mol. The van der Waals surface area contributed by atoms with Crippen LogP contribution in [0.5, 0.6) is 0 Å². The van der Waals surface area contributed by atoms with Crippen LogP contribution < -0.4 is 0 Å². The van der Waals surface area contributed by atoms with Crippen LogP contribution >= 0.6 is 0 Å².